The van der Waals surface area contributed by atoms with Gasteiger partial charge in [0.25, 0.3) is 0 Å². The number of carbonyl (C=O) groups excluding carboxylic acids is 1. The lowest BCUT2D eigenvalue weighted by molar-refractivity contribution is -0.122. The van der Waals surface area contributed by atoms with Gasteiger partial charge in [-0.25, -0.2) is 0 Å². The third-order valence-electron chi connectivity index (χ3n) is 5.52. The highest BCUT2D eigenvalue weighted by Crippen LogP contribution is 2.41. The van der Waals surface area contributed by atoms with Crippen molar-refractivity contribution in [1.29, 1.82) is 0 Å². The number of rotatable bonds is 6. The van der Waals surface area contributed by atoms with Crippen molar-refractivity contribution < 1.29 is 9.53 Å². The van der Waals surface area contributed by atoms with Gasteiger partial charge >= 0.3 is 0 Å². The van der Waals surface area contributed by atoms with Crippen LogP contribution in [-0.2, 0) is 10.2 Å². The molecule has 2 aliphatic rings. The first-order valence-corrected chi connectivity index (χ1v) is 8.84. The zero-order chi connectivity index (χ0) is 16.1. The average molecular weight is 316 g/mol. The van der Waals surface area contributed by atoms with E-state index in [2.05, 4.69) is 22.8 Å². The molecule has 1 saturated heterocycles. The molecule has 1 aromatic rings. The van der Waals surface area contributed by atoms with Crippen molar-refractivity contribution in [3.05, 3.63) is 29.8 Å². The quantitative estimate of drug-likeness (QED) is 0.848. The molecule has 23 heavy (non-hydrogen) atoms. The summed E-state index contributed by atoms with van der Waals surface area (Å²) in [6.07, 6.45) is 6.58. The fourth-order valence-electron chi connectivity index (χ4n) is 4.05. The highest BCUT2D eigenvalue weighted by Gasteiger charge is 2.36. The molecule has 1 aliphatic heterocycles. The Balaban J connectivity index is 1.62. The van der Waals surface area contributed by atoms with Gasteiger partial charge in [0.05, 0.1) is 7.11 Å². The first-order chi connectivity index (χ1) is 11.2. The fraction of sp³-hybridized carbons (Fsp3) is 0.632. The monoisotopic (exact) mass is 316 g/mol. The molecule has 2 fully saturated rings. The van der Waals surface area contributed by atoms with E-state index in [1.54, 1.807) is 7.11 Å². The minimum absolute atomic E-state index is 0.107. The van der Waals surface area contributed by atoms with Crippen molar-refractivity contribution in [1.82, 2.24) is 10.6 Å². The Hall–Kier alpha value is -1.55. The van der Waals surface area contributed by atoms with Gasteiger partial charge in [0.1, 0.15) is 5.75 Å². The van der Waals surface area contributed by atoms with Gasteiger partial charge in [0, 0.05) is 18.4 Å². The first kappa shape index (κ1) is 16.3. The molecule has 0 spiro atoms. The predicted molar refractivity (Wildman–Crippen MR) is 91.7 cm³/mol. The number of amides is 1. The Morgan fingerprint density at radius 2 is 2.04 bits per heavy atom. The maximum absolute atomic E-state index is 12.3. The van der Waals surface area contributed by atoms with Gasteiger partial charge < -0.3 is 15.4 Å². The Bertz CT molecular complexity index is 515. The molecular weight excluding hydrogens is 288 g/mol. The SMILES string of the molecule is COc1ccc(C2(CNC(=O)C[C@@H]3CCNC3)CCCC2)cc1. The van der Waals surface area contributed by atoms with E-state index < -0.39 is 0 Å². The molecule has 3 rings (SSSR count). The maximum atomic E-state index is 12.3. The van der Waals surface area contributed by atoms with Crippen molar-refractivity contribution in [3.63, 3.8) is 0 Å². The summed E-state index contributed by atoms with van der Waals surface area (Å²) in [6.45, 7) is 2.79. The van der Waals surface area contributed by atoms with Crippen LogP contribution in [0.4, 0.5) is 0 Å². The number of carbonyl (C=O) groups is 1. The van der Waals surface area contributed by atoms with Crippen molar-refractivity contribution in [2.24, 2.45) is 5.92 Å². The molecule has 1 aromatic carbocycles. The van der Waals surface area contributed by atoms with Gasteiger partial charge in [-0.15, -0.1) is 0 Å². The summed E-state index contributed by atoms with van der Waals surface area (Å²) >= 11 is 0. The molecule has 2 N–H and O–H groups in total. The van der Waals surface area contributed by atoms with Crippen LogP contribution < -0.4 is 15.4 Å². The second-order valence-corrected chi connectivity index (χ2v) is 7.06. The lowest BCUT2D eigenvalue weighted by atomic mass is 9.78. The number of methoxy groups -OCH3 is 1. The molecule has 4 nitrogen and oxygen atoms in total. The first-order valence-electron chi connectivity index (χ1n) is 8.84. The van der Waals surface area contributed by atoms with E-state index in [0.29, 0.717) is 12.3 Å². The van der Waals surface area contributed by atoms with Gasteiger partial charge in [-0.2, -0.15) is 0 Å². The van der Waals surface area contributed by atoms with E-state index in [1.807, 2.05) is 12.1 Å². The molecular formula is C19H28N2O2. The fourth-order valence-corrected chi connectivity index (χ4v) is 4.05. The van der Waals surface area contributed by atoms with E-state index >= 15 is 0 Å². The zero-order valence-electron chi connectivity index (χ0n) is 14.1. The van der Waals surface area contributed by atoms with Crippen molar-refractivity contribution >= 4 is 5.91 Å². The Morgan fingerprint density at radius 1 is 1.30 bits per heavy atom. The molecule has 0 bridgehead atoms. The molecule has 126 valence electrons. The lowest BCUT2D eigenvalue weighted by Crippen LogP contribution is -2.39. The van der Waals surface area contributed by atoms with Gasteiger partial charge in [-0.05, 0) is 56.0 Å². The standard InChI is InChI=1S/C19H28N2O2/c1-23-17-6-4-16(5-7-17)19(9-2-3-10-19)14-21-18(22)12-15-8-11-20-13-15/h4-7,15,20H,2-3,8-14H2,1H3,(H,21,22)/t15-/m0/s1. The smallest absolute Gasteiger partial charge is 0.220 e. The van der Waals surface area contributed by atoms with Crippen LogP contribution in [-0.4, -0.2) is 32.7 Å². The molecule has 0 aromatic heterocycles. The van der Waals surface area contributed by atoms with Crippen molar-refractivity contribution in [2.75, 3.05) is 26.7 Å². The third kappa shape index (κ3) is 3.86. The minimum Gasteiger partial charge on any atom is -0.497 e. The van der Waals surface area contributed by atoms with Crippen LogP contribution in [0.15, 0.2) is 24.3 Å². The summed E-state index contributed by atoms with van der Waals surface area (Å²) in [5.41, 5.74) is 1.44. The second-order valence-electron chi connectivity index (χ2n) is 7.06. The maximum Gasteiger partial charge on any atom is 0.220 e. The van der Waals surface area contributed by atoms with Gasteiger partial charge in [-0.1, -0.05) is 25.0 Å². The normalized spacial score (nSPS) is 22.9. The largest absolute Gasteiger partial charge is 0.497 e. The summed E-state index contributed by atoms with van der Waals surface area (Å²) in [4.78, 5) is 12.3. The number of ether oxygens (including phenoxy) is 1. The summed E-state index contributed by atoms with van der Waals surface area (Å²) in [6, 6.07) is 8.39. The Labute approximate surface area is 139 Å². The Morgan fingerprint density at radius 3 is 2.65 bits per heavy atom. The van der Waals surface area contributed by atoms with Crippen LogP contribution in [0.2, 0.25) is 0 Å². The van der Waals surface area contributed by atoms with E-state index in [0.717, 1.165) is 44.6 Å². The molecule has 4 heteroatoms. The number of benzene rings is 1. The molecule has 0 unspecified atom stereocenters. The molecule has 1 heterocycles. The van der Waals surface area contributed by atoms with Crippen LogP contribution in [0, 0.1) is 5.92 Å². The van der Waals surface area contributed by atoms with Crippen molar-refractivity contribution in [2.45, 2.75) is 43.9 Å². The van der Waals surface area contributed by atoms with Crippen molar-refractivity contribution in [3.8, 4) is 5.75 Å². The summed E-state index contributed by atoms with van der Waals surface area (Å²) < 4.78 is 5.26. The van der Waals surface area contributed by atoms with Crippen LogP contribution in [0.5, 0.6) is 5.75 Å². The lowest BCUT2D eigenvalue weighted by Gasteiger charge is -2.30. The second kappa shape index (κ2) is 7.35. The highest BCUT2D eigenvalue weighted by atomic mass is 16.5. The summed E-state index contributed by atoms with van der Waals surface area (Å²) in [5.74, 6) is 1.61. The minimum atomic E-state index is 0.107. The molecule has 1 amide bonds. The topological polar surface area (TPSA) is 50.4 Å². The van der Waals surface area contributed by atoms with Gasteiger partial charge in [0.2, 0.25) is 5.91 Å². The van der Waals surface area contributed by atoms with Gasteiger partial charge in [0.15, 0.2) is 0 Å². The Kier molecular flexibility index (Phi) is 5.21. The van der Waals surface area contributed by atoms with Crippen LogP contribution in [0.25, 0.3) is 0 Å². The summed E-state index contributed by atoms with van der Waals surface area (Å²) in [5, 5.41) is 6.55. The molecule has 1 saturated carbocycles. The number of hydrogen-bond donors (Lipinski definition) is 2. The predicted octanol–water partition coefficient (Wildman–Crippen LogP) is 2.62. The third-order valence-corrected chi connectivity index (χ3v) is 5.52. The molecule has 1 aliphatic carbocycles. The van der Waals surface area contributed by atoms with Gasteiger partial charge in [-0.3, -0.25) is 4.79 Å². The highest BCUT2D eigenvalue weighted by molar-refractivity contribution is 5.76. The molecule has 0 radical (unpaired) electrons. The molecule has 1 atom stereocenters. The van der Waals surface area contributed by atoms with Crippen LogP contribution in [0.3, 0.4) is 0 Å². The average Bonchev–Trinajstić information content (AvgIpc) is 3.25. The van der Waals surface area contributed by atoms with E-state index in [9.17, 15) is 4.79 Å². The number of nitrogens with one attached hydrogen (secondary N) is 2. The van der Waals surface area contributed by atoms with E-state index in [1.165, 1.54) is 18.4 Å². The van der Waals surface area contributed by atoms with Crippen LogP contribution in [0.1, 0.15) is 44.1 Å². The number of hydrogen-bond acceptors (Lipinski definition) is 3. The summed E-state index contributed by atoms with van der Waals surface area (Å²) in [7, 11) is 1.69. The van der Waals surface area contributed by atoms with E-state index in [4.69, 9.17) is 4.74 Å². The van der Waals surface area contributed by atoms with E-state index in [-0.39, 0.29) is 11.3 Å². The van der Waals surface area contributed by atoms with Crippen LogP contribution >= 0.6 is 0 Å². The zero-order valence-corrected chi connectivity index (χ0v) is 14.1.